The van der Waals surface area contributed by atoms with Gasteiger partial charge in [0.25, 0.3) is 0 Å². The van der Waals surface area contributed by atoms with Crippen molar-refractivity contribution in [3.8, 4) is 0 Å². The van der Waals surface area contributed by atoms with Crippen molar-refractivity contribution in [2.45, 2.75) is 6.04 Å². The number of hydrogen-bond acceptors (Lipinski definition) is 4. The minimum absolute atomic E-state index is 0.192. The van der Waals surface area contributed by atoms with Gasteiger partial charge in [-0.3, -0.25) is 9.36 Å². The molecule has 0 saturated carbocycles. The van der Waals surface area contributed by atoms with Gasteiger partial charge < -0.3 is 15.1 Å². The van der Waals surface area contributed by atoms with Crippen molar-refractivity contribution in [3.05, 3.63) is 34.3 Å². The highest BCUT2D eigenvalue weighted by molar-refractivity contribution is 5.84. The van der Waals surface area contributed by atoms with Gasteiger partial charge in [-0.1, -0.05) is 6.07 Å². The first-order chi connectivity index (χ1) is 8.41. The molecule has 18 heavy (non-hydrogen) atoms. The fraction of sp³-hybridized carbons (Fsp3) is 0.333. The zero-order valence-electron chi connectivity index (χ0n) is 10.5. The summed E-state index contributed by atoms with van der Waals surface area (Å²) in [5.74, 6) is -0.627. The Morgan fingerprint density at radius 3 is 2.72 bits per heavy atom. The summed E-state index contributed by atoms with van der Waals surface area (Å²) in [6.45, 7) is 0. The third kappa shape index (κ3) is 1.91. The van der Waals surface area contributed by atoms with E-state index in [2.05, 4.69) is 0 Å². The molecule has 0 aliphatic carbocycles. The lowest BCUT2D eigenvalue weighted by atomic mass is 10.1. The summed E-state index contributed by atoms with van der Waals surface area (Å²) in [5.41, 5.74) is 7.64. The number of rotatable bonds is 2. The van der Waals surface area contributed by atoms with Crippen molar-refractivity contribution in [2.75, 3.05) is 14.1 Å². The van der Waals surface area contributed by atoms with E-state index in [1.165, 1.54) is 9.47 Å². The number of hydrogen-bond donors (Lipinski definition) is 1. The van der Waals surface area contributed by atoms with Crippen LogP contribution >= 0.6 is 0 Å². The van der Waals surface area contributed by atoms with E-state index < -0.39 is 11.8 Å². The Hall–Kier alpha value is -2.08. The quantitative estimate of drug-likeness (QED) is 0.825. The zero-order chi connectivity index (χ0) is 13.4. The van der Waals surface area contributed by atoms with Crippen LogP contribution in [0.15, 0.2) is 27.4 Å². The minimum Gasteiger partial charge on any atom is -0.408 e. The van der Waals surface area contributed by atoms with Crippen molar-refractivity contribution in [2.24, 2.45) is 12.8 Å². The Morgan fingerprint density at radius 2 is 2.11 bits per heavy atom. The molecular weight excluding hydrogens is 234 g/mol. The molecule has 6 heteroatoms. The molecule has 96 valence electrons. The van der Waals surface area contributed by atoms with Crippen LogP contribution in [0.25, 0.3) is 11.1 Å². The Morgan fingerprint density at radius 1 is 1.44 bits per heavy atom. The molecule has 0 aliphatic rings. The van der Waals surface area contributed by atoms with Crippen LogP contribution in [0.4, 0.5) is 0 Å². The lowest BCUT2D eigenvalue weighted by molar-refractivity contribution is -0.130. The van der Waals surface area contributed by atoms with Gasteiger partial charge in [0.05, 0.1) is 5.52 Å². The topological polar surface area (TPSA) is 81.5 Å². The Kier molecular flexibility index (Phi) is 2.96. The van der Waals surface area contributed by atoms with Gasteiger partial charge in [-0.05, 0) is 17.7 Å². The summed E-state index contributed by atoms with van der Waals surface area (Å²) in [5, 5.41) is 0. The monoisotopic (exact) mass is 249 g/mol. The average Bonchev–Trinajstić information content (AvgIpc) is 2.63. The van der Waals surface area contributed by atoms with Crippen molar-refractivity contribution in [3.63, 3.8) is 0 Å². The molecule has 1 amide bonds. The van der Waals surface area contributed by atoms with Gasteiger partial charge in [-0.15, -0.1) is 0 Å². The molecule has 6 nitrogen and oxygen atoms in total. The number of benzene rings is 1. The number of carbonyl (C=O) groups is 1. The van der Waals surface area contributed by atoms with Crippen LogP contribution in [0.1, 0.15) is 11.6 Å². The molecule has 0 spiro atoms. The molecule has 0 fully saturated rings. The first-order valence-electron chi connectivity index (χ1n) is 5.48. The lowest BCUT2D eigenvalue weighted by Gasteiger charge is -2.16. The van der Waals surface area contributed by atoms with Crippen molar-refractivity contribution >= 4 is 17.0 Å². The summed E-state index contributed by atoms with van der Waals surface area (Å²) in [7, 11) is 4.90. The first kappa shape index (κ1) is 12.4. The first-order valence-corrected chi connectivity index (χ1v) is 5.48. The normalized spacial score (nSPS) is 12.7. The van der Waals surface area contributed by atoms with Crippen LogP contribution in [0.5, 0.6) is 0 Å². The number of carbonyl (C=O) groups excluding carboxylic acids is 1. The lowest BCUT2D eigenvalue weighted by Crippen LogP contribution is -2.33. The molecule has 1 heterocycles. The SMILES string of the molecule is CN(C)C(=O)C(N)c1ccc2oc(=O)n(C)c2c1. The summed E-state index contributed by atoms with van der Waals surface area (Å²) in [4.78, 5) is 24.6. The number of oxazole rings is 1. The van der Waals surface area contributed by atoms with Crippen LogP contribution in [-0.2, 0) is 11.8 Å². The molecule has 1 aromatic heterocycles. The Labute approximate surface area is 104 Å². The number of fused-ring (bicyclic) bond motifs is 1. The van der Waals surface area contributed by atoms with Crippen LogP contribution < -0.4 is 11.5 Å². The maximum absolute atomic E-state index is 11.8. The summed E-state index contributed by atoms with van der Waals surface area (Å²) >= 11 is 0. The molecule has 0 saturated heterocycles. The van der Waals surface area contributed by atoms with Crippen LogP contribution in [0.3, 0.4) is 0 Å². The van der Waals surface area contributed by atoms with Gasteiger partial charge in [0, 0.05) is 21.1 Å². The minimum atomic E-state index is -0.741. The van der Waals surface area contributed by atoms with E-state index >= 15 is 0 Å². The van der Waals surface area contributed by atoms with Gasteiger partial charge in [-0.2, -0.15) is 0 Å². The van der Waals surface area contributed by atoms with Gasteiger partial charge in [0.2, 0.25) is 5.91 Å². The fourth-order valence-electron chi connectivity index (χ4n) is 1.76. The highest BCUT2D eigenvalue weighted by Crippen LogP contribution is 2.19. The Bertz CT molecular complexity index is 654. The molecule has 1 atom stereocenters. The smallest absolute Gasteiger partial charge is 0.408 e. The highest BCUT2D eigenvalue weighted by Gasteiger charge is 2.19. The second-order valence-electron chi connectivity index (χ2n) is 4.36. The number of nitrogens with two attached hydrogens (primary N) is 1. The maximum Gasteiger partial charge on any atom is 0.419 e. The van der Waals surface area contributed by atoms with Crippen molar-refractivity contribution in [1.29, 1.82) is 0 Å². The largest absolute Gasteiger partial charge is 0.419 e. The van der Waals surface area contributed by atoms with Crippen molar-refractivity contribution in [1.82, 2.24) is 9.47 Å². The predicted octanol–water partition coefficient (Wildman–Crippen LogP) is 0.219. The molecule has 1 aromatic carbocycles. The summed E-state index contributed by atoms with van der Waals surface area (Å²) in [6, 6.07) is 4.30. The van der Waals surface area contributed by atoms with E-state index in [4.69, 9.17) is 10.2 Å². The van der Waals surface area contributed by atoms with E-state index in [9.17, 15) is 9.59 Å². The van der Waals surface area contributed by atoms with E-state index in [1.807, 2.05) is 0 Å². The summed E-state index contributed by atoms with van der Waals surface area (Å²) < 4.78 is 6.39. The van der Waals surface area contributed by atoms with E-state index in [1.54, 1.807) is 39.3 Å². The van der Waals surface area contributed by atoms with E-state index in [0.717, 1.165) is 0 Å². The third-order valence-electron chi connectivity index (χ3n) is 2.88. The Balaban J connectivity index is 2.50. The molecule has 2 N–H and O–H groups in total. The fourth-order valence-corrected chi connectivity index (χ4v) is 1.76. The molecule has 2 aromatic rings. The molecule has 0 aliphatic heterocycles. The van der Waals surface area contributed by atoms with Crippen molar-refractivity contribution < 1.29 is 9.21 Å². The number of nitrogens with zero attached hydrogens (tertiary/aromatic N) is 2. The standard InChI is InChI=1S/C12H15N3O3/c1-14(2)11(16)10(13)7-4-5-9-8(6-7)15(3)12(17)18-9/h4-6,10H,13H2,1-3H3. The van der Waals surface area contributed by atoms with Gasteiger partial charge in [-0.25, -0.2) is 4.79 Å². The third-order valence-corrected chi connectivity index (χ3v) is 2.88. The van der Waals surface area contributed by atoms with Gasteiger partial charge >= 0.3 is 5.76 Å². The molecule has 0 bridgehead atoms. The van der Waals surface area contributed by atoms with Gasteiger partial charge in [0.1, 0.15) is 6.04 Å². The molecule has 2 rings (SSSR count). The average molecular weight is 249 g/mol. The second-order valence-corrected chi connectivity index (χ2v) is 4.36. The zero-order valence-corrected chi connectivity index (χ0v) is 10.5. The van der Waals surface area contributed by atoms with E-state index in [0.29, 0.717) is 16.7 Å². The number of aromatic nitrogens is 1. The number of likely N-dealkylation sites (N-methyl/N-ethyl adjacent to an activating group) is 1. The second kappa shape index (κ2) is 4.30. The van der Waals surface area contributed by atoms with E-state index in [-0.39, 0.29) is 5.91 Å². The molecule has 1 unspecified atom stereocenters. The van der Waals surface area contributed by atoms with Crippen LogP contribution in [-0.4, -0.2) is 29.5 Å². The van der Waals surface area contributed by atoms with Crippen LogP contribution in [0.2, 0.25) is 0 Å². The highest BCUT2D eigenvalue weighted by atomic mass is 16.4. The number of amides is 1. The predicted molar refractivity (Wildman–Crippen MR) is 67.1 cm³/mol. The maximum atomic E-state index is 11.8. The van der Waals surface area contributed by atoms with Gasteiger partial charge in [0.15, 0.2) is 5.58 Å². The molecular formula is C12H15N3O3. The number of aryl methyl sites for hydroxylation is 1. The van der Waals surface area contributed by atoms with Crippen LogP contribution in [0, 0.1) is 0 Å². The summed E-state index contributed by atoms with van der Waals surface area (Å²) in [6.07, 6.45) is 0. The molecule has 0 radical (unpaired) electrons.